The normalized spacial score (nSPS) is 22.8. The van der Waals surface area contributed by atoms with Gasteiger partial charge in [0.15, 0.2) is 0 Å². The summed E-state index contributed by atoms with van der Waals surface area (Å²) in [7, 11) is 1.94. The molecule has 78 valence electrons. The van der Waals surface area contributed by atoms with E-state index in [4.69, 9.17) is 0 Å². The Morgan fingerprint density at radius 3 is 2.79 bits per heavy atom. The minimum absolute atomic E-state index is 0.582. The maximum Gasteiger partial charge on any atom is 0.224 e. The van der Waals surface area contributed by atoms with Crippen molar-refractivity contribution >= 4 is 21.9 Å². The fraction of sp³-hybridized carbons (Fsp3) is 0.778. The molecule has 0 unspecified atom stereocenters. The van der Waals surface area contributed by atoms with E-state index in [0.717, 1.165) is 12.5 Å². The molecule has 0 saturated carbocycles. The van der Waals surface area contributed by atoms with Gasteiger partial charge in [-0.2, -0.15) is 4.98 Å². The number of hydrogen-bond acceptors (Lipinski definition) is 3. The van der Waals surface area contributed by atoms with E-state index >= 15 is 0 Å². The van der Waals surface area contributed by atoms with Gasteiger partial charge in [0, 0.05) is 19.6 Å². The molecule has 1 atom stereocenters. The molecule has 2 heterocycles. The molecular weight excluding hydrogens is 244 g/mol. The first-order valence-corrected chi connectivity index (χ1v) is 5.81. The van der Waals surface area contributed by atoms with Crippen LogP contribution in [0, 0.1) is 0 Å². The predicted octanol–water partition coefficient (Wildman–Crippen LogP) is 1.96. The van der Waals surface area contributed by atoms with Crippen molar-refractivity contribution in [3.05, 3.63) is 4.73 Å². The van der Waals surface area contributed by atoms with Gasteiger partial charge in [-0.05, 0) is 42.1 Å². The molecule has 0 bridgehead atoms. The van der Waals surface area contributed by atoms with Crippen molar-refractivity contribution in [2.24, 2.45) is 7.05 Å². The molecule has 5 heteroatoms. The lowest BCUT2D eigenvalue weighted by molar-refractivity contribution is 0.470. The lowest BCUT2D eigenvalue weighted by atomic mass is 10.0. The Hall–Kier alpha value is -0.580. The van der Waals surface area contributed by atoms with Crippen LogP contribution in [0.5, 0.6) is 0 Å². The Morgan fingerprint density at radius 1 is 1.43 bits per heavy atom. The van der Waals surface area contributed by atoms with E-state index in [-0.39, 0.29) is 0 Å². The molecule has 0 spiro atoms. The monoisotopic (exact) mass is 258 g/mol. The van der Waals surface area contributed by atoms with Crippen LogP contribution in [0.2, 0.25) is 0 Å². The Bertz CT molecular complexity index is 323. The third-order valence-corrected chi connectivity index (χ3v) is 3.11. The van der Waals surface area contributed by atoms with Crippen LogP contribution in [0.4, 0.5) is 5.95 Å². The molecule has 1 aliphatic rings. The highest BCUT2D eigenvalue weighted by Crippen LogP contribution is 2.23. The zero-order valence-electron chi connectivity index (χ0n) is 8.57. The Balaban J connectivity index is 2.24. The van der Waals surface area contributed by atoms with E-state index in [1.807, 2.05) is 11.7 Å². The lowest BCUT2D eigenvalue weighted by Gasteiger charge is -2.33. The first-order valence-electron chi connectivity index (χ1n) is 5.01. The second-order valence-corrected chi connectivity index (χ2v) is 4.55. The number of rotatable bonds is 1. The number of piperidine rings is 1. The molecule has 1 aromatic heterocycles. The lowest BCUT2D eigenvalue weighted by Crippen LogP contribution is -2.39. The standard InChI is InChI=1S/C9H15BrN4/c1-7-5-3-4-6-14(7)9-11-8(10)12-13(9)2/h7H,3-6H2,1-2H3/t7-/m1/s1. The maximum absolute atomic E-state index is 4.38. The van der Waals surface area contributed by atoms with E-state index in [1.54, 1.807) is 0 Å². The number of aromatic nitrogens is 3. The number of nitrogens with zero attached hydrogens (tertiary/aromatic N) is 4. The number of anilines is 1. The van der Waals surface area contributed by atoms with Crippen LogP contribution < -0.4 is 4.90 Å². The highest BCUT2D eigenvalue weighted by Gasteiger charge is 2.22. The maximum atomic E-state index is 4.38. The third-order valence-electron chi connectivity index (χ3n) is 2.77. The number of hydrogen-bond donors (Lipinski definition) is 0. The first kappa shape index (κ1) is 9.96. The molecule has 2 rings (SSSR count). The minimum atomic E-state index is 0.582. The molecule has 0 N–H and O–H groups in total. The molecular formula is C9H15BrN4. The SMILES string of the molecule is C[C@@H]1CCCCN1c1nc(Br)nn1C. The summed E-state index contributed by atoms with van der Waals surface area (Å²) >= 11 is 3.30. The van der Waals surface area contributed by atoms with E-state index in [1.165, 1.54) is 19.3 Å². The van der Waals surface area contributed by atoms with Gasteiger partial charge in [0.05, 0.1) is 0 Å². The van der Waals surface area contributed by atoms with Crippen LogP contribution >= 0.6 is 15.9 Å². The van der Waals surface area contributed by atoms with Gasteiger partial charge in [0.1, 0.15) is 0 Å². The molecule has 1 saturated heterocycles. The average Bonchev–Trinajstić information content (AvgIpc) is 2.46. The van der Waals surface area contributed by atoms with Gasteiger partial charge in [-0.1, -0.05) is 0 Å². The summed E-state index contributed by atoms with van der Waals surface area (Å²) in [6, 6.07) is 0.582. The summed E-state index contributed by atoms with van der Waals surface area (Å²) in [6.45, 7) is 3.35. The van der Waals surface area contributed by atoms with Gasteiger partial charge in [0.2, 0.25) is 10.7 Å². The first-order chi connectivity index (χ1) is 6.68. The topological polar surface area (TPSA) is 34.0 Å². The molecule has 0 aromatic carbocycles. The van der Waals surface area contributed by atoms with Crippen LogP contribution in [0.25, 0.3) is 0 Å². The van der Waals surface area contributed by atoms with Gasteiger partial charge in [0.25, 0.3) is 0 Å². The van der Waals surface area contributed by atoms with Crippen LogP contribution in [0.3, 0.4) is 0 Å². The summed E-state index contributed by atoms with van der Waals surface area (Å²) in [5.74, 6) is 0.976. The Labute approximate surface area is 92.4 Å². The second-order valence-electron chi connectivity index (χ2n) is 3.84. The summed E-state index contributed by atoms with van der Waals surface area (Å²) in [6.07, 6.45) is 3.84. The number of halogens is 1. The second kappa shape index (κ2) is 3.88. The summed E-state index contributed by atoms with van der Waals surface area (Å²) in [5, 5.41) is 4.20. The minimum Gasteiger partial charge on any atom is -0.338 e. The van der Waals surface area contributed by atoms with Crippen LogP contribution in [0.1, 0.15) is 26.2 Å². The van der Waals surface area contributed by atoms with Gasteiger partial charge >= 0.3 is 0 Å². The van der Waals surface area contributed by atoms with Crippen LogP contribution in [-0.2, 0) is 7.05 Å². The molecule has 0 aliphatic carbocycles. The smallest absolute Gasteiger partial charge is 0.224 e. The predicted molar refractivity (Wildman–Crippen MR) is 59.4 cm³/mol. The highest BCUT2D eigenvalue weighted by molar-refractivity contribution is 9.10. The van der Waals surface area contributed by atoms with Crippen molar-refractivity contribution in [3.8, 4) is 0 Å². The quantitative estimate of drug-likeness (QED) is 0.773. The third kappa shape index (κ3) is 1.78. The van der Waals surface area contributed by atoms with Gasteiger partial charge < -0.3 is 4.90 Å². The van der Waals surface area contributed by atoms with Crippen LogP contribution in [-0.4, -0.2) is 27.4 Å². The van der Waals surface area contributed by atoms with Gasteiger partial charge in [-0.15, -0.1) is 5.10 Å². The highest BCUT2D eigenvalue weighted by atomic mass is 79.9. The molecule has 0 radical (unpaired) electrons. The van der Waals surface area contributed by atoms with Crippen molar-refractivity contribution in [2.45, 2.75) is 32.2 Å². The Kier molecular flexibility index (Phi) is 2.76. The van der Waals surface area contributed by atoms with E-state index in [9.17, 15) is 0 Å². The summed E-state index contributed by atoms with van der Waals surface area (Å²) < 4.78 is 2.51. The fourth-order valence-corrected chi connectivity index (χ4v) is 2.39. The van der Waals surface area contributed by atoms with Crippen molar-refractivity contribution in [1.29, 1.82) is 0 Å². The van der Waals surface area contributed by atoms with Gasteiger partial charge in [-0.25, -0.2) is 4.68 Å². The molecule has 1 fully saturated rings. The molecule has 4 nitrogen and oxygen atoms in total. The van der Waals surface area contributed by atoms with E-state index < -0.39 is 0 Å². The van der Waals surface area contributed by atoms with Crippen molar-refractivity contribution in [2.75, 3.05) is 11.4 Å². The summed E-state index contributed by atoms with van der Waals surface area (Å²) in [4.78, 5) is 6.71. The fourth-order valence-electron chi connectivity index (χ4n) is 1.99. The largest absolute Gasteiger partial charge is 0.338 e. The average molecular weight is 259 g/mol. The van der Waals surface area contributed by atoms with Crippen LogP contribution in [0.15, 0.2) is 4.73 Å². The number of aryl methyl sites for hydroxylation is 1. The zero-order chi connectivity index (χ0) is 10.1. The van der Waals surface area contributed by atoms with Crippen molar-refractivity contribution in [3.63, 3.8) is 0 Å². The van der Waals surface area contributed by atoms with E-state index in [0.29, 0.717) is 10.8 Å². The summed E-state index contributed by atoms with van der Waals surface area (Å²) in [5.41, 5.74) is 0. The molecule has 1 aliphatic heterocycles. The molecule has 14 heavy (non-hydrogen) atoms. The van der Waals surface area contributed by atoms with Gasteiger partial charge in [-0.3, -0.25) is 0 Å². The van der Waals surface area contributed by atoms with Crippen molar-refractivity contribution in [1.82, 2.24) is 14.8 Å². The molecule has 1 aromatic rings. The zero-order valence-corrected chi connectivity index (χ0v) is 10.2. The Morgan fingerprint density at radius 2 is 2.21 bits per heavy atom. The van der Waals surface area contributed by atoms with Crippen molar-refractivity contribution < 1.29 is 0 Å². The molecule has 0 amide bonds. The van der Waals surface area contributed by atoms with E-state index in [2.05, 4.69) is 37.8 Å².